The second-order valence-electron chi connectivity index (χ2n) is 1.57. The van der Waals surface area contributed by atoms with Crippen molar-refractivity contribution in [1.29, 1.82) is 0 Å². The smallest absolute Gasteiger partial charge is 1.00 e. The molecule has 0 aromatic heterocycles. The minimum Gasteiger partial charge on any atom is -1.00 e. The van der Waals surface area contributed by atoms with Crippen molar-refractivity contribution < 1.29 is 105 Å². The molecular weight excluding hydrogens is 231 g/mol. The van der Waals surface area contributed by atoms with Gasteiger partial charge in [-0.05, 0) is 0 Å². The van der Waals surface area contributed by atoms with Crippen molar-refractivity contribution in [3.8, 4) is 0 Å². The van der Waals surface area contributed by atoms with Crippen LogP contribution < -0.4 is 51.4 Å². The van der Waals surface area contributed by atoms with Gasteiger partial charge in [0.25, 0.3) is 0 Å². The SMILES string of the molecule is O=C(O)C(O)C(O)C(=O)O.[H-].[K+].[Ti]. The van der Waals surface area contributed by atoms with Gasteiger partial charge >= 0.3 is 63.3 Å². The molecule has 0 rings (SSSR count). The first-order valence-corrected chi connectivity index (χ1v) is 2.28. The first-order valence-electron chi connectivity index (χ1n) is 2.28. The van der Waals surface area contributed by atoms with Crippen LogP contribution in [0.4, 0.5) is 0 Å². The number of rotatable bonds is 3. The molecule has 0 saturated heterocycles. The van der Waals surface area contributed by atoms with Crippen LogP contribution in [0.15, 0.2) is 0 Å². The molecule has 0 saturated carbocycles. The summed E-state index contributed by atoms with van der Waals surface area (Å²) in [7, 11) is 0. The second-order valence-corrected chi connectivity index (χ2v) is 1.57. The van der Waals surface area contributed by atoms with E-state index in [0.717, 1.165) is 0 Å². The molecule has 0 radical (unpaired) electrons. The molecule has 0 bridgehead atoms. The maximum Gasteiger partial charge on any atom is 1.00 e. The Hall–Kier alpha value is 1.21. The molecule has 0 aliphatic carbocycles. The molecule has 0 aromatic carbocycles. The molecule has 8 heteroatoms. The van der Waals surface area contributed by atoms with Crippen LogP contribution in [-0.2, 0) is 31.3 Å². The van der Waals surface area contributed by atoms with Crippen LogP contribution in [-0.4, -0.2) is 44.6 Å². The van der Waals surface area contributed by atoms with Crippen molar-refractivity contribution in [2.75, 3.05) is 0 Å². The Labute approximate surface area is 127 Å². The molecule has 4 N–H and O–H groups in total. The number of carboxylic acid groups (broad SMARTS) is 2. The van der Waals surface area contributed by atoms with E-state index < -0.39 is 24.1 Å². The van der Waals surface area contributed by atoms with Crippen LogP contribution in [0.25, 0.3) is 0 Å². The van der Waals surface area contributed by atoms with Crippen molar-refractivity contribution in [3.05, 3.63) is 0 Å². The molecule has 0 heterocycles. The van der Waals surface area contributed by atoms with Gasteiger partial charge in [0.15, 0.2) is 12.2 Å². The molecule has 0 aliphatic rings. The Bertz CT molecular complexity index is 149. The quantitative estimate of drug-likeness (QED) is 0.366. The summed E-state index contributed by atoms with van der Waals surface area (Å²) in [5.74, 6) is -3.54. The van der Waals surface area contributed by atoms with Crippen LogP contribution in [0.3, 0.4) is 0 Å². The van der Waals surface area contributed by atoms with Gasteiger partial charge in [0.05, 0.1) is 0 Å². The first kappa shape index (κ1) is 18.9. The van der Waals surface area contributed by atoms with Gasteiger partial charge in [0.1, 0.15) is 0 Å². The van der Waals surface area contributed by atoms with Gasteiger partial charge in [-0.3, -0.25) is 0 Å². The fourth-order valence-electron chi connectivity index (χ4n) is 0.270. The third kappa shape index (κ3) is 6.70. The topological polar surface area (TPSA) is 115 Å². The van der Waals surface area contributed by atoms with Gasteiger partial charge in [0, 0.05) is 21.7 Å². The summed E-state index contributed by atoms with van der Waals surface area (Å²) in [5.41, 5.74) is 0. The molecule has 2 unspecified atom stereocenters. The fourth-order valence-corrected chi connectivity index (χ4v) is 0.270. The Morgan fingerprint density at radius 2 is 1.17 bits per heavy atom. The van der Waals surface area contributed by atoms with Crippen LogP contribution in [0.1, 0.15) is 1.43 Å². The number of aliphatic carboxylic acids is 2. The van der Waals surface area contributed by atoms with Gasteiger partial charge in [0.2, 0.25) is 0 Å². The molecule has 2 atom stereocenters. The van der Waals surface area contributed by atoms with Gasteiger partial charge < -0.3 is 21.9 Å². The summed E-state index contributed by atoms with van der Waals surface area (Å²) in [6, 6.07) is 0. The normalized spacial score (nSPS) is 13.2. The van der Waals surface area contributed by atoms with Gasteiger partial charge in [-0.25, -0.2) is 9.59 Å². The van der Waals surface area contributed by atoms with Crippen molar-refractivity contribution in [2.45, 2.75) is 12.2 Å². The largest absolute Gasteiger partial charge is 1.00 e. The third-order valence-electron chi connectivity index (χ3n) is 0.805. The Morgan fingerprint density at radius 3 is 1.25 bits per heavy atom. The van der Waals surface area contributed by atoms with Crippen LogP contribution >= 0.6 is 0 Å². The van der Waals surface area contributed by atoms with E-state index in [0.29, 0.717) is 0 Å². The molecule has 0 fully saturated rings. The molecule has 6 nitrogen and oxygen atoms in total. The van der Waals surface area contributed by atoms with Gasteiger partial charge in [-0.15, -0.1) is 0 Å². The number of hydrogen-bond acceptors (Lipinski definition) is 4. The number of carbonyl (C=O) groups is 2. The monoisotopic (exact) mass is 238 g/mol. The number of carboxylic acids is 2. The average Bonchev–Trinajstić information content (AvgIpc) is 1.84. The Balaban J connectivity index is -0.000000135. The molecule has 0 amide bonds. The van der Waals surface area contributed by atoms with E-state index in [1.807, 2.05) is 0 Å². The maximum atomic E-state index is 9.77. The van der Waals surface area contributed by atoms with Crippen LogP contribution in [0.5, 0.6) is 0 Å². The summed E-state index contributed by atoms with van der Waals surface area (Å²) < 4.78 is 0. The summed E-state index contributed by atoms with van der Waals surface area (Å²) in [6.07, 6.45) is -4.53. The molecule has 12 heavy (non-hydrogen) atoms. The number of aliphatic hydroxyl groups excluding tert-OH is 2. The first-order chi connectivity index (χ1) is 4.46. The van der Waals surface area contributed by atoms with E-state index in [1.54, 1.807) is 0 Å². The molecule has 0 spiro atoms. The van der Waals surface area contributed by atoms with Crippen molar-refractivity contribution in [1.82, 2.24) is 0 Å². The van der Waals surface area contributed by atoms with Crippen LogP contribution in [0, 0.1) is 0 Å². The average molecular weight is 238 g/mol. The second kappa shape index (κ2) is 8.79. The van der Waals surface area contributed by atoms with E-state index in [-0.39, 0.29) is 74.5 Å². The number of aliphatic hydroxyl groups is 2. The Morgan fingerprint density at radius 1 is 1.00 bits per heavy atom. The van der Waals surface area contributed by atoms with Crippen molar-refractivity contribution >= 4 is 11.9 Å². The third-order valence-corrected chi connectivity index (χ3v) is 0.805. The zero-order valence-corrected chi connectivity index (χ0v) is 10.9. The standard InChI is InChI=1S/C4H6O6.K.Ti.H/c5-1(3(7)8)2(6)4(9)10;;;/h1-2,5-6H,(H,7,8)(H,9,10);;;/q;+1;;-1. The fraction of sp³-hybridized carbons (Fsp3) is 0.500. The molecule has 64 valence electrons. The predicted molar refractivity (Wildman–Crippen MR) is 28.4 cm³/mol. The van der Waals surface area contributed by atoms with Crippen molar-refractivity contribution in [3.63, 3.8) is 0 Å². The van der Waals surface area contributed by atoms with E-state index in [9.17, 15) is 9.59 Å². The zero-order chi connectivity index (χ0) is 8.31. The van der Waals surface area contributed by atoms with E-state index in [1.165, 1.54) is 0 Å². The van der Waals surface area contributed by atoms with Crippen LogP contribution in [0.2, 0.25) is 0 Å². The van der Waals surface area contributed by atoms with E-state index in [2.05, 4.69) is 0 Å². The van der Waals surface area contributed by atoms with E-state index >= 15 is 0 Å². The van der Waals surface area contributed by atoms with Crippen molar-refractivity contribution in [2.24, 2.45) is 0 Å². The molecular formula is C4H7KO6Ti. The number of hydrogen-bond donors (Lipinski definition) is 4. The predicted octanol–water partition coefficient (Wildman–Crippen LogP) is -5.01. The summed E-state index contributed by atoms with van der Waals surface area (Å²) in [6.45, 7) is 0. The molecule has 0 aliphatic heterocycles. The minimum atomic E-state index is -2.27. The summed E-state index contributed by atoms with van der Waals surface area (Å²) in [4.78, 5) is 19.5. The maximum absolute atomic E-state index is 9.77. The summed E-state index contributed by atoms with van der Waals surface area (Å²) >= 11 is 0. The van der Waals surface area contributed by atoms with Gasteiger partial charge in [-0.2, -0.15) is 0 Å². The van der Waals surface area contributed by atoms with E-state index in [4.69, 9.17) is 20.4 Å². The summed E-state index contributed by atoms with van der Waals surface area (Å²) in [5, 5.41) is 32.5. The zero-order valence-electron chi connectivity index (χ0n) is 7.26. The minimum absolute atomic E-state index is 0. The Kier molecular flexibility index (Phi) is 13.8. The molecule has 0 aromatic rings. The van der Waals surface area contributed by atoms with Gasteiger partial charge in [-0.1, -0.05) is 0 Å².